The highest BCUT2D eigenvalue weighted by molar-refractivity contribution is 6.02. The molecule has 0 atom stereocenters. The van der Waals surface area contributed by atoms with Crippen LogP contribution in [0, 0.1) is 0 Å². The van der Waals surface area contributed by atoms with Crippen molar-refractivity contribution in [2.75, 3.05) is 7.11 Å². The van der Waals surface area contributed by atoms with E-state index in [4.69, 9.17) is 14.7 Å². The molecule has 0 bridgehead atoms. The third kappa shape index (κ3) is 4.61. The summed E-state index contributed by atoms with van der Waals surface area (Å²) >= 11 is 0. The van der Waals surface area contributed by atoms with Gasteiger partial charge in [0.15, 0.2) is 5.82 Å². The Hall–Kier alpha value is -4.99. The minimum absolute atomic E-state index is 0.371. The second-order valence-corrected chi connectivity index (χ2v) is 9.25. The zero-order valence-electron chi connectivity index (χ0n) is 21.6. The topological polar surface area (TPSA) is 124 Å². The van der Waals surface area contributed by atoms with E-state index in [1.807, 2.05) is 48.7 Å². The molecule has 0 radical (unpaired) electrons. The first-order chi connectivity index (χ1) is 19.2. The van der Waals surface area contributed by atoms with E-state index in [0.717, 1.165) is 63.7 Å². The predicted molar refractivity (Wildman–Crippen MR) is 147 cm³/mol. The summed E-state index contributed by atoms with van der Waals surface area (Å²) in [5.74, 6) is 1.65. The van der Waals surface area contributed by atoms with Gasteiger partial charge in [0.25, 0.3) is 0 Å². The number of hydrogen-bond donors (Lipinski definition) is 1. The minimum Gasteiger partial charge on any atom is -0.465 e. The monoisotopic (exact) mass is 518 g/mol. The van der Waals surface area contributed by atoms with Crippen LogP contribution in [0.15, 0.2) is 66.9 Å². The van der Waals surface area contributed by atoms with Gasteiger partial charge in [0.2, 0.25) is 5.82 Å². The van der Waals surface area contributed by atoms with Crippen LogP contribution in [0.4, 0.5) is 0 Å². The zero-order chi connectivity index (χ0) is 26.8. The van der Waals surface area contributed by atoms with Gasteiger partial charge >= 0.3 is 5.97 Å². The Morgan fingerprint density at radius 2 is 1.82 bits per heavy atom. The van der Waals surface area contributed by atoms with Crippen molar-refractivity contribution < 1.29 is 9.53 Å². The number of nitrogens with one attached hydrogen (secondary N) is 1. The number of carbonyl (C=O) groups is 1. The van der Waals surface area contributed by atoms with Crippen LogP contribution < -0.4 is 0 Å². The van der Waals surface area contributed by atoms with Crippen molar-refractivity contribution >= 4 is 27.9 Å². The van der Waals surface area contributed by atoms with Crippen molar-refractivity contribution in [3.63, 3.8) is 0 Å². The van der Waals surface area contributed by atoms with Crippen molar-refractivity contribution in [2.24, 2.45) is 0 Å². The largest absolute Gasteiger partial charge is 0.465 e. The van der Waals surface area contributed by atoms with E-state index in [9.17, 15) is 4.79 Å². The standard InChI is InChI=1S/C29H26N8O2/c1-3-4-12-25-31-24-11-7-10-22(29(38)39-2)26(24)37(25)17-18-13-14-23-19(15-18)16-30-27(32-23)20-8-5-6-9-21(20)28-33-35-36-34-28/h5-11,13-16H,3-4,12,17H2,1-2H3,(H,33,34,35,36). The summed E-state index contributed by atoms with van der Waals surface area (Å²) in [6.07, 6.45) is 4.72. The lowest BCUT2D eigenvalue weighted by Crippen LogP contribution is -2.09. The van der Waals surface area contributed by atoms with Crippen molar-refractivity contribution in [1.29, 1.82) is 0 Å². The van der Waals surface area contributed by atoms with Crippen molar-refractivity contribution in [2.45, 2.75) is 32.7 Å². The maximum Gasteiger partial charge on any atom is 0.340 e. The van der Waals surface area contributed by atoms with Gasteiger partial charge in [0, 0.05) is 35.7 Å². The van der Waals surface area contributed by atoms with Crippen LogP contribution in [0.5, 0.6) is 0 Å². The molecule has 10 heteroatoms. The molecule has 3 aromatic carbocycles. The number of aryl methyl sites for hydroxylation is 1. The van der Waals surface area contributed by atoms with Gasteiger partial charge in [-0.15, -0.1) is 10.2 Å². The molecule has 0 aliphatic rings. The number of fused-ring (bicyclic) bond motifs is 2. The third-order valence-corrected chi connectivity index (χ3v) is 6.74. The molecule has 0 saturated heterocycles. The molecule has 0 aliphatic carbocycles. The average Bonchev–Trinajstić information content (AvgIpc) is 3.64. The number of aromatic nitrogens is 8. The van der Waals surface area contributed by atoms with Gasteiger partial charge < -0.3 is 9.30 Å². The smallest absolute Gasteiger partial charge is 0.340 e. The number of nitrogens with zero attached hydrogens (tertiary/aromatic N) is 7. The molecule has 3 aromatic heterocycles. The molecule has 194 valence electrons. The molecular weight excluding hydrogens is 492 g/mol. The van der Waals surface area contributed by atoms with Gasteiger partial charge in [-0.1, -0.05) is 49.7 Å². The van der Waals surface area contributed by atoms with Crippen LogP contribution in [-0.4, -0.2) is 53.2 Å². The summed E-state index contributed by atoms with van der Waals surface area (Å²) in [4.78, 5) is 27.0. The highest BCUT2D eigenvalue weighted by atomic mass is 16.5. The van der Waals surface area contributed by atoms with Gasteiger partial charge in [-0.05, 0) is 41.5 Å². The Labute approximate surface area is 224 Å². The third-order valence-electron chi connectivity index (χ3n) is 6.74. The van der Waals surface area contributed by atoms with Gasteiger partial charge in [-0.2, -0.15) is 5.21 Å². The second-order valence-electron chi connectivity index (χ2n) is 9.25. The molecule has 1 N–H and O–H groups in total. The van der Waals surface area contributed by atoms with Gasteiger partial charge in [-0.3, -0.25) is 0 Å². The molecule has 0 unspecified atom stereocenters. The summed E-state index contributed by atoms with van der Waals surface area (Å²) in [6, 6.07) is 19.4. The molecule has 6 rings (SSSR count). The van der Waals surface area contributed by atoms with Crippen LogP contribution in [0.2, 0.25) is 0 Å². The number of benzene rings is 3. The molecule has 10 nitrogen and oxygen atoms in total. The molecule has 0 fully saturated rings. The number of carbonyl (C=O) groups excluding carboxylic acids is 1. The first-order valence-corrected chi connectivity index (χ1v) is 12.8. The number of H-pyrrole nitrogens is 1. The maximum atomic E-state index is 12.6. The SMILES string of the molecule is CCCCc1nc2cccc(C(=O)OC)c2n1Cc1ccc2nc(-c3ccccc3-c3nn[nH]n3)ncc2c1. The van der Waals surface area contributed by atoms with Crippen LogP contribution in [0.3, 0.4) is 0 Å². The van der Waals surface area contributed by atoms with Crippen molar-refractivity contribution in [3.05, 3.63) is 83.8 Å². The van der Waals surface area contributed by atoms with Crippen LogP contribution in [0.25, 0.3) is 44.7 Å². The van der Waals surface area contributed by atoms with Crippen molar-refractivity contribution in [1.82, 2.24) is 40.1 Å². The predicted octanol–water partition coefficient (Wildman–Crippen LogP) is 5.00. The fraction of sp³-hybridized carbons (Fsp3) is 0.207. The number of unbranched alkanes of at least 4 members (excludes halogenated alkanes) is 1. The summed E-state index contributed by atoms with van der Waals surface area (Å²) in [5.41, 5.74) is 5.60. The fourth-order valence-electron chi connectivity index (χ4n) is 4.85. The summed E-state index contributed by atoms with van der Waals surface area (Å²) < 4.78 is 7.20. The number of aromatic amines is 1. The summed E-state index contributed by atoms with van der Waals surface area (Å²) in [6.45, 7) is 2.72. The van der Waals surface area contributed by atoms with E-state index in [1.165, 1.54) is 7.11 Å². The Bertz CT molecular complexity index is 1790. The summed E-state index contributed by atoms with van der Waals surface area (Å²) in [7, 11) is 1.40. The second kappa shape index (κ2) is 10.4. The summed E-state index contributed by atoms with van der Waals surface area (Å²) in [5, 5.41) is 15.3. The van der Waals surface area contributed by atoms with E-state index in [1.54, 1.807) is 6.07 Å². The molecule has 39 heavy (non-hydrogen) atoms. The number of imidazole rings is 1. The number of tetrazole rings is 1. The van der Waals surface area contributed by atoms with Crippen LogP contribution in [0.1, 0.15) is 41.5 Å². The molecule has 0 amide bonds. The number of para-hydroxylation sites is 1. The number of methoxy groups -OCH3 is 1. The van der Waals surface area contributed by atoms with Gasteiger partial charge in [0.1, 0.15) is 5.82 Å². The first kappa shape index (κ1) is 24.4. The quantitative estimate of drug-likeness (QED) is 0.279. The molecule has 0 spiro atoms. The maximum absolute atomic E-state index is 12.6. The molecule has 0 aliphatic heterocycles. The van der Waals surface area contributed by atoms with E-state index >= 15 is 0 Å². The Balaban J connectivity index is 1.39. The first-order valence-electron chi connectivity index (χ1n) is 12.8. The van der Waals surface area contributed by atoms with Crippen molar-refractivity contribution in [3.8, 4) is 22.8 Å². The lowest BCUT2D eigenvalue weighted by Gasteiger charge is -2.12. The number of esters is 1. The molecule has 6 aromatic rings. The zero-order valence-corrected chi connectivity index (χ0v) is 21.6. The lowest BCUT2D eigenvalue weighted by molar-refractivity contribution is 0.0602. The van der Waals surface area contributed by atoms with Crippen LogP contribution >= 0.6 is 0 Å². The fourth-order valence-corrected chi connectivity index (χ4v) is 4.85. The number of ether oxygens (including phenoxy) is 1. The van der Waals surface area contributed by atoms with E-state index < -0.39 is 0 Å². The molecular formula is C29H26N8O2. The van der Waals surface area contributed by atoms with Gasteiger partial charge in [-0.25, -0.2) is 19.7 Å². The highest BCUT2D eigenvalue weighted by Crippen LogP contribution is 2.29. The number of hydrogen-bond acceptors (Lipinski definition) is 8. The lowest BCUT2D eigenvalue weighted by atomic mass is 10.1. The molecule has 3 heterocycles. The average molecular weight is 519 g/mol. The highest BCUT2D eigenvalue weighted by Gasteiger charge is 2.19. The Morgan fingerprint density at radius 1 is 0.974 bits per heavy atom. The van der Waals surface area contributed by atoms with E-state index in [-0.39, 0.29) is 5.97 Å². The van der Waals surface area contributed by atoms with Gasteiger partial charge in [0.05, 0.1) is 29.2 Å². The van der Waals surface area contributed by atoms with Crippen LogP contribution in [-0.2, 0) is 17.7 Å². The molecule has 0 saturated carbocycles. The normalized spacial score (nSPS) is 11.3. The number of rotatable bonds is 8. The minimum atomic E-state index is -0.371. The van der Waals surface area contributed by atoms with E-state index in [2.05, 4.69) is 49.2 Å². The Morgan fingerprint density at radius 3 is 2.59 bits per heavy atom. The Kier molecular flexibility index (Phi) is 6.50. The van der Waals surface area contributed by atoms with E-state index in [0.29, 0.717) is 23.8 Å².